The van der Waals surface area contributed by atoms with E-state index in [1.165, 1.54) is 0 Å². The maximum Gasteiger partial charge on any atom is 1.00 e. The molecule has 1 amide bonds. The van der Waals surface area contributed by atoms with E-state index in [1.54, 1.807) is 24.3 Å². The zero-order valence-corrected chi connectivity index (χ0v) is 7.39. The quantitative estimate of drug-likeness (QED) is 0.444. The van der Waals surface area contributed by atoms with Gasteiger partial charge in [0.1, 0.15) is 0 Å². The van der Waals surface area contributed by atoms with E-state index in [0.717, 1.165) is 0 Å². The third-order valence-electron chi connectivity index (χ3n) is 1.76. The Hall–Kier alpha value is -1.00. The van der Waals surface area contributed by atoms with Crippen LogP contribution >= 0.6 is 0 Å². The van der Waals surface area contributed by atoms with Crippen LogP contribution in [0.3, 0.4) is 0 Å². The van der Waals surface area contributed by atoms with E-state index in [1.807, 2.05) is 0 Å². The van der Waals surface area contributed by atoms with Gasteiger partial charge in [-0.05, 0) is 12.1 Å². The third-order valence-corrected chi connectivity index (χ3v) is 1.76. The predicted molar refractivity (Wildman–Crippen MR) is 40.9 cm³/mol. The van der Waals surface area contributed by atoms with Gasteiger partial charge in [0, 0.05) is 0 Å². The number of fused-ring (bicyclic) bond motifs is 1. The number of benzene rings is 1. The van der Waals surface area contributed by atoms with Crippen molar-refractivity contribution in [1.82, 2.24) is 0 Å². The molecule has 0 saturated carbocycles. The molecule has 13 heavy (non-hydrogen) atoms. The van der Waals surface area contributed by atoms with Crippen LogP contribution in [-0.2, 0) is 21.9 Å². The van der Waals surface area contributed by atoms with Gasteiger partial charge >= 0.3 is 23.0 Å². The minimum Gasteiger partial charge on any atom is -0.630 e. The standard InChI is InChI=1S/C8H6N2O2.Cu/c11-8-7(10-12)5-3-1-2-4-6(5)9-8;/h1-4H,10H2;/q;+1. The fourth-order valence-electron chi connectivity index (χ4n) is 1.20. The smallest absolute Gasteiger partial charge is 0.630 e. The van der Waals surface area contributed by atoms with Gasteiger partial charge in [0.15, 0.2) is 0 Å². The van der Waals surface area contributed by atoms with E-state index in [2.05, 4.69) is 4.99 Å². The van der Waals surface area contributed by atoms with Gasteiger partial charge in [0.25, 0.3) is 0 Å². The van der Waals surface area contributed by atoms with Gasteiger partial charge < -0.3 is 10.7 Å². The molecule has 0 aromatic heterocycles. The zero-order valence-electron chi connectivity index (χ0n) is 6.45. The summed E-state index contributed by atoms with van der Waals surface area (Å²) in [5.41, 5.74) is 0.711. The number of quaternary nitrogens is 1. The number of nitrogens with two attached hydrogens (primary N) is 1. The number of amides is 1. The van der Waals surface area contributed by atoms with Gasteiger partial charge in [0.2, 0.25) is 5.70 Å². The normalized spacial score (nSPS) is 13.3. The Balaban J connectivity index is 0.000000845. The van der Waals surface area contributed by atoms with Crippen LogP contribution in [-0.4, -0.2) is 5.91 Å². The van der Waals surface area contributed by atoms with Crippen molar-refractivity contribution in [3.8, 4) is 0 Å². The second-order valence-electron chi connectivity index (χ2n) is 2.47. The summed E-state index contributed by atoms with van der Waals surface area (Å²) in [4.78, 5) is 14.7. The second kappa shape index (κ2) is 3.81. The Morgan fingerprint density at radius 2 is 2.00 bits per heavy atom. The Kier molecular flexibility index (Phi) is 2.95. The van der Waals surface area contributed by atoms with Crippen LogP contribution in [0, 0.1) is 5.21 Å². The number of nitrogens with zero attached hydrogens (tertiary/aromatic N) is 1. The molecule has 2 N–H and O–H groups in total. The summed E-state index contributed by atoms with van der Waals surface area (Å²) in [6, 6.07) is 6.98. The van der Waals surface area contributed by atoms with Gasteiger partial charge in [-0.25, -0.2) is 4.99 Å². The van der Waals surface area contributed by atoms with Crippen molar-refractivity contribution < 1.29 is 27.3 Å². The van der Waals surface area contributed by atoms with Crippen LogP contribution < -0.4 is 16.1 Å². The number of hydrogen-bond acceptors (Lipinski definition) is 2. The molecule has 0 radical (unpaired) electrons. The molecule has 0 saturated heterocycles. The van der Waals surface area contributed by atoms with Gasteiger partial charge in [-0.2, -0.15) is 0 Å². The maximum atomic E-state index is 11.0. The first-order valence-corrected chi connectivity index (χ1v) is 3.50. The van der Waals surface area contributed by atoms with Crippen molar-refractivity contribution >= 4 is 11.6 Å². The van der Waals surface area contributed by atoms with Crippen molar-refractivity contribution in [2.45, 2.75) is 0 Å². The SMILES string of the molecule is O=C1N=c2ccccc2=C1[NH2+][O-].[Cu+]. The molecule has 1 aromatic carbocycles. The van der Waals surface area contributed by atoms with Crippen molar-refractivity contribution in [3.63, 3.8) is 0 Å². The van der Waals surface area contributed by atoms with Crippen LogP contribution in [0.15, 0.2) is 29.3 Å². The first-order valence-electron chi connectivity index (χ1n) is 3.50. The molecule has 2 rings (SSSR count). The van der Waals surface area contributed by atoms with Crippen molar-refractivity contribution in [3.05, 3.63) is 40.0 Å². The molecule has 0 atom stereocenters. The van der Waals surface area contributed by atoms with E-state index >= 15 is 0 Å². The monoisotopic (exact) mass is 225 g/mol. The molecule has 70 valence electrons. The fraction of sp³-hybridized carbons (Fsp3) is 0. The van der Waals surface area contributed by atoms with Crippen LogP contribution in [0.2, 0.25) is 0 Å². The van der Waals surface area contributed by atoms with Crippen molar-refractivity contribution in [1.29, 1.82) is 0 Å². The average Bonchev–Trinajstić information content (AvgIpc) is 2.40. The van der Waals surface area contributed by atoms with Crippen LogP contribution in [0.25, 0.3) is 5.70 Å². The van der Waals surface area contributed by atoms with E-state index in [-0.39, 0.29) is 22.8 Å². The summed E-state index contributed by atoms with van der Waals surface area (Å²) in [5, 5.41) is 11.7. The molecule has 0 bridgehead atoms. The van der Waals surface area contributed by atoms with E-state index < -0.39 is 5.91 Å². The number of rotatable bonds is 1. The molecule has 0 fully saturated rings. The summed E-state index contributed by atoms with van der Waals surface area (Å²) < 4.78 is 0. The first-order chi connectivity index (χ1) is 5.83. The number of carbonyl (C=O) groups is 1. The van der Waals surface area contributed by atoms with Gasteiger partial charge in [-0.3, -0.25) is 4.79 Å². The number of hydrogen-bond donors (Lipinski definition) is 1. The molecule has 1 aromatic rings. The molecular formula is C8H6CuN2O2+. The molecule has 0 aliphatic carbocycles. The first kappa shape index (κ1) is 10.1. The Labute approximate surface area is 84.4 Å². The summed E-state index contributed by atoms with van der Waals surface area (Å²) in [6.45, 7) is 0. The van der Waals surface area contributed by atoms with Gasteiger partial charge in [-0.15, -0.1) is 0 Å². The van der Waals surface area contributed by atoms with Crippen LogP contribution in [0.5, 0.6) is 0 Å². The summed E-state index contributed by atoms with van der Waals surface area (Å²) >= 11 is 0. The van der Waals surface area contributed by atoms with Crippen molar-refractivity contribution in [2.75, 3.05) is 0 Å². The molecule has 1 aliphatic rings. The molecule has 4 nitrogen and oxygen atoms in total. The topological polar surface area (TPSA) is 69.1 Å². The van der Waals surface area contributed by atoms with Crippen LogP contribution in [0.1, 0.15) is 0 Å². The third kappa shape index (κ3) is 1.55. The molecule has 5 heteroatoms. The summed E-state index contributed by atoms with van der Waals surface area (Å²) in [6.07, 6.45) is 0. The average molecular weight is 226 g/mol. The van der Waals surface area contributed by atoms with E-state index in [0.29, 0.717) is 16.1 Å². The van der Waals surface area contributed by atoms with E-state index in [9.17, 15) is 10.0 Å². The Bertz CT molecular complexity index is 455. The number of carbonyl (C=O) groups excluding carboxylic acids is 1. The van der Waals surface area contributed by atoms with Crippen molar-refractivity contribution in [2.24, 2.45) is 4.99 Å². The Morgan fingerprint density at radius 3 is 2.69 bits per heavy atom. The summed E-state index contributed by atoms with van der Waals surface area (Å²) in [5.74, 6) is -0.439. The molecule has 0 unspecified atom stereocenters. The Morgan fingerprint density at radius 1 is 1.31 bits per heavy atom. The number of para-hydroxylation sites is 1. The predicted octanol–water partition coefficient (Wildman–Crippen LogP) is -1.99. The summed E-state index contributed by atoms with van der Waals surface area (Å²) in [7, 11) is 0. The van der Waals surface area contributed by atoms with Gasteiger partial charge in [-0.1, -0.05) is 12.1 Å². The second-order valence-corrected chi connectivity index (χ2v) is 2.47. The molecule has 1 aliphatic heterocycles. The molecular weight excluding hydrogens is 220 g/mol. The molecule has 1 heterocycles. The van der Waals surface area contributed by atoms with Gasteiger partial charge in [0.05, 0.1) is 10.6 Å². The minimum absolute atomic E-state index is 0. The minimum atomic E-state index is -0.439. The maximum absolute atomic E-state index is 11.0. The van der Waals surface area contributed by atoms with Crippen LogP contribution in [0.4, 0.5) is 0 Å². The largest absolute Gasteiger partial charge is 1.00 e. The number of hydroxylamine groups is 1. The van der Waals surface area contributed by atoms with E-state index in [4.69, 9.17) is 0 Å². The fourth-order valence-corrected chi connectivity index (χ4v) is 1.20. The molecule has 0 spiro atoms. The zero-order chi connectivity index (χ0) is 8.55.